The number of carbonyl (C=O) groups is 3. The van der Waals surface area contributed by atoms with Crippen LogP contribution in [0, 0.1) is 0 Å². The van der Waals surface area contributed by atoms with Gasteiger partial charge in [0.1, 0.15) is 18.9 Å². The molecule has 1 saturated heterocycles. The predicted molar refractivity (Wildman–Crippen MR) is 105 cm³/mol. The maximum Gasteiger partial charge on any atom is 0.322 e. The van der Waals surface area contributed by atoms with Crippen molar-refractivity contribution < 1.29 is 29.0 Å². The van der Waals surface area contributed by atoms with Crippen molar-refractivity contribution in [1.82, 2.24) is 5.32 Å². The SMILES string of the molecule is O=C(O)CNC(=O)c1ccc(NC(=O)c2cccc(OCC3CCCO3)c2)cc1. The fraction of sp³-hybridized carbons (Fsp3) is 0.286. The number of nitrogens with one attached hydrogen (secondary N) is 2. The molecule has 2 aromatic rings. The number of rotatable bonds is 8. The Labute approximate surface area is 167 Å². The van der Waals surface area contributed by atoms with Crippen molar-refractivity contribution in [3.63, 3.8) is 0 Å². The van der Waals surface area contributed by atoms with Gasteiger partial charge in [0, 0.05) is 23.4 Å². The molecule has 152 valence electrons. The molecular weight excluding hydrogens is 376 g/mol. The van der Waals surface area contributed by atoms with Gasteiger partial charge >= 0.3 is 5.97 Å². The maximum absolute atomic E-state index is 12.5. The summed E-state index contributed by atoms with van der Waals surface area (Å²) < 4.78 is 11.2. The highest BCUT2D eigenvalue weighted by Crippen LogP contribution is 2.18. The third kappa shape index (κ3) is 6.05. The van der Waals surface area contributed by atoms with E-state index in [1.807, 2.05) is 0 Å². The number of aliphatic carboxylic acids is 1. The molecule has 8 nitrogen and oxygen atoms in total. The summed E-state index contributed by atoms with van der Waals surface area (Å²) in [5, 5.41) is 13.6. The van der Waals surface area contributed by atoms with Gasteiger partial charge in [-0.15, -0.1) is 0 Å². The molecule has 1 atom stereocenters. The van der Waals surface area contributed by atoms with Gasteiger partial charge in [0.15, 0.2) is 0 Å². The van der Waals surface area contributed by atoms with E-state index < -0.39 is 18.4 Å². The van der Waals surface area contributed by atoms with Crippen molar-refractivity contribution in [2.75, 3.05) is 25.1 Å². The number of amides is 2. The van der Waals surface area contributed by atoms with Gasteiger partial charge in [-0.3, -0.25) is 14.4 Å². The Bertz CT molecular complexity index is 875. The van der Waals surface area contributed by atoms with Crippen molar-refractivity contribution >= 4 is 23.5 Å². The minimum Gasteiger partial charge on any atom is -0.491 e. The average Bonchev–Trinajstić information content (AvgIpc) is 3.25. The smallest absolute Gasteiger partial charge is 0.322 e. The molecule has 0 spiro atoms. The lowest BCUT2D eigenvalue weighted by Gasteiger charge is -2.12. The molecule has 0 bridgehead atoms. The first-order chi connectivity index (χ1) is 14.0. The number of hydrogen-bond acceptors (Lipinski definition) is 5. The van der Waals surface area contributed by atoms with Crippen LogP contribution in [0.5, 0.6) is 5.75 Å². The van der Waals surface area contributed by atoms with Gasteiger partial charge in [-0.2, -0.15) is 0 Å². The lowest BCUT2D eigenvalue weighted by molar-refractivity contribution is -0.135. The van der Waals surface area contributed by atoms with Gasteiger partial charge in [-0.1, -0.05) is 6.07 Å². The number of carbonyl (C=O) groups excluding carboxylic acids is 2. The second kappa shape index (κ2) is 9.70. The predicted octanol–water partition coefficient (Wildman–Crippen LogP) is 2.31. The zero-order valence-electron chi connectivity index (χ0n) is 15.7. The summed E-state index contributed by atoms with van der Waals surface area (Å²) >= 11 is 0. The van der Waals surface area contributed by atoms with Crippen LogP contribution in [0.3, 0.4) is 0 Å². The summed E-state index contributed by atoms with van der Waals surface area (Å²) in [4.78, 5) is 34.8. The minimum absolute atomic E-state index is 0.0960. The van der Waals surface area contributed by atoms with Crippen LogP contribution in [0.4, 0.5) is 5.69 Å². The van der Waals surface area contributed by atoms with Crippen LogP contribution in [0.2, 0.25) is 0 Å². The van der Waals surface area contributed by atoms with E-state index in [0.717, 1.165) is 19.4 Å². The van der Waals surface area contributed by atoms with Crippen LogP contribution in [-0.4, -0.2) is 48.8 Å². The molecule has 0 radical (unpaired) electrons. The molecule has 29 heavy (non-hydrogen) atoms. The highest BCUT2D eigenvalue weighted by Gasteiger charge is 2.16. The fourth-order valence-electron chi connectivity index (χ4n) is 2.86. The maximum atomic E-state index is 12.5. The van der Waals surface area contributed by atoms with Crippen LogP contribution in [-0.2, 0) is 9.53 Å². The molecule has 1 unspecified atom stereocenters. The number of carboxylic acid groups (broad SMARTS) is 1. The summed E-state index contributed by atoms with van der Waals surface area (Å²) in [5.74, 6) is -1.33. The first-order valence-corrected chi connectivity index (χ1v) is 9.27. The lowest BCUT2D eigenvalue weighted by atomic mass is 10.1. The van der Waals surface area contributed by atoms with Crippen LogP contribution < -0.4 is 15.4 Å². The van der Waals surface area contributed by atoms with E-state index >= 15 is 0 Å². The standard InChI is InChI=1S/C21H22N2O6/c24-19(25)12-22-20(26)14-6-8-16(9-7-14)23-21(27)15-3-1-4-17(11-15)29-13-18-5-2-10-28-18/h1,3-4,6-9,11,18H,2,5,10,12-13H2,(H,22,26)(H,23,27)(H,24,25). The summed E-state index contributed by atoms with van der Waals surface area (Å²) in [6, 6.07) is 13.0. The van der Waals surface area contributed by atoms with E-state index in [1.165, 1.54) is 12.1 Å². The largest absolute Gasteiger partial charge is 0.491 e. The quantitative estimate of drug-likeness (QED) is 0.629. The molecule has 2 aromatic carbocycles. The molecule has 0 aliphatic carbocycles. The Morgan fingerprint density at radius 2 is 1.86 bits per heavy atom. The van der Waals surface area contributed by atoms with Crippen molar-refractivity contribution in [1.29, 1.82) is 0 Å². The van der Waals surface area contributed by atoms with E-state index in [9.17, 15) is 14.4 Å². The van der Waals surface area contributed by atoms with Gasteiger partial charge in [0.05, 0.1) is 6.10 Å². The monoisotopic (exact) mass is 398 g/mol. The summed E-state index contributed by atoms with van der Waals surface area (Å²) in [7, 11) is 0. The van der Waals surface area contributed by atoms with Crippen molar-refractivity contribution in [2.24, 2.45) is 0 Å². The fourth-order valence-corrected chi connectivity index (χ4v) is 2.86. The average molecular weight is 398 g/mol. The van der Waals surface area contributed by atoms with Gasteiger partial charge in [0.2, 0.25) is 0 Å². The Balaban J connectivity index is 1.56. The first-order valence-electron chi connectivity index (χ1n) is 9.27. The van der Waals surface area contributed by atoms with Crippen molar-refractivity contribution in [3.05, 3.63) is 59.7 Å². The molecule has 1 aliphatic rings. The van der Waals surface area contributed by atoms with E-state index in [2.05, 4.69) is 10.6 Å². The third-order valence-electron chi connectivity index (χ3n) is 4.36. The Morgan fingerprint density at radius 1 is 1.07 bits per heavy atom. The zero-order valence-corrected chi connectivity index (χ0v) is 15.7. The number of benzene rings is 2. The molecule has 3 N–H and O–H groups in total. The van der Waals surface area contributed by atoms with Crippen LogP contribution >= 0.6 is 0 Å². The lowest BCUT2D eigenvalue weighted by Crippen LogP contribution is -2.29. The molecule has 0 saturated carbocycles. The van der Waals surface area contributed by atoms with Gasteiger partial charge < -0.3 is 25.2 Å². The van der Waals surface area contributed by atoms with Crippen LogP contribution in [0.25, 0.3) is 0 Å². The number of anilines is 1. The molecular formula is C21H22N2O6. The first kappa shape index (κ1) is 20.3. The molecule has 1 aliphatic heterocycles. The van der Waals surface area contributed by atoms with E-state index in [1.54, 1.807) is 36.4 Å². The van der Waals surface area contributed by atoms with Gasteiger partial charge in [0.25, 0.3) is 11.8 Å². The Morgan fingerprint density at radius 3 is 2.55 bits per heavy atom. The molecule has 2 amide bonds. The Hall–Kier alpha value is -3.39. The van der Waals surface area contributed by atoms with Crippen LogP contribution in [0.15, 0.2) is 48.5 Å². The number of carboxylic acids is 1. The second-order valence-corrected chi connectivity index (χ2v) is 6.58. The highest BCUT2D eigenvalue weighted by molar-refractivity contribution is 6.04. The molecule has 0 aromatic heterocycles. The van der Waals surface area contributed by atoms with Gasteiger partial charge in [-0.05, 0) is 55.3 Å². The van der Waals surface area contributed by atoms with Crippen molar-refractivity contribution in [3.8, 4) is 5.75 Å². The zero-order chi connectivity index (χ0) is 20.6. The van der Waals surface area contributed by atoms with E-state index in [4.69, 9.17) is 14.6 Å². The normalized spacial score (nSPS) is 15.5. The summed E-state index contributed by atoms with van der Waals surface area (Å²) in [6.45, 7) is 0.759. The van der Waals surface area contributed by atoms with Gasteiger partial charge in [-0.25, -0.2) is 0 Å². The summed E-state index contributed by atoms with van der Waals surface area (Å²) in [5.41, 5.74) is 1.25. The van der Waals surface area contributed by atoms with Crippen LogP contribution in [0.1, 0.15) is 33.6 Å². The third-order valence-corrected chi connectivity index (χ3v) is 4.36. The number of hydrogen-bond donors (Lipinski definition) is 3. The molecule has 3 rings (SSSR count). The molecule has 8 heteroatoms. The highest BCUT2D eigenvalue weighted by atomic mass is 16.5. The summed E-state index contributed by atoms with van der Waals surface area (Å²) in [6.07, 6.45) is 2.11. The van der Waals surface area contributed by atoms with Crippen molar-refractivity contribution in [2.45, 2.75) is 18.9 Å². The topological polar surface area (TPSA) is 114 Å². The Kier molecular flexibility index (Phi) is 6.80. The van der Waals surface area contributed by atoms with E-state index in [0.29, 0.717) is 29.2 Å². The number of ether oxygens (including phenoxy) is 2. The second-order valence-electron chi connectivity index (χ2n) is 6.58. The molecule has 1 heterocycles. The minimum atomic E-state index is -1.12. The molecule has 1 fully saturated rings. The van der Waals surface area contributed by atoms with E-state index in [-0.39, 0.29) is 12.0 Å².